The Morgan fingerprint density at radius 2 is 1.46 bits per heavy atom. The predicted molar refractivity (Wildman–Crippen MR) is 114 cm³/mol. The van der Waals surface area contributed by atoms with Crippen molar-refractivity contribution in [3.8, 4) is 0 Å². The fraction of sp³-hybridized carbons (Fsp3) is 0.950. The molecule has 4 nitrogen and oxygen atoms in total. The molecule has 0 unspecified atom stereocenters. The van der Waals surface area contributed by atoms with E-state index in [0.717, 1.165) is 12.8 Å². The first-order valence-electron chi connectivity index (χ1n) is 10.0. The van der Waals surface area contributed by atoms with Gasteiger partial charge in [-0.1, -0.05) is 41.5 Å². The maximum atomic E-state index is 12.6. The number of ketones is 1. The Hall–Kier alpha value is -0.0162. The largest absolute Gasteiger partial charge is 0.416 e. The highest BCUT2D eigenvalue weighted by atomic mass is 28.4. The van der Waals surface area contributed by atoms with Gasteiger partial charge in [-0.3, -0.25) is 4.79 Å². The molecule has 1 rings (SSSR count). The minimum Gasteiger partial charge on any atom is -0.416 e. The van der Waals surface area contributed by atoms with Gasteiger partial charge in [-0.05, 0) is 49.1 Å². The van der Waals surface area contributed by atoms with E-state index in [1.807, 2.05) is 0 Å². The molecule has 1 N–H and O–H groups in total. The van der Waals surface area contributed by atoms with Crippen LogP contribution < -0.4 is 0 Å². The Labute approximate surface area is 163 Å². The minimum atomic E-state index is -1.94. The molecule has 0 heterocycles. The molecule has 0 saturated heterocycles. The van der Waals surface area contributed by atoms with Crippen LogP contribution in [0.2, 0.25) is 36.3 Å². The molecule has 0 spiro atoms. The highest BCUT2D eigenvalue weighted by Crippen LogP contribution is 2.41. The number of aliphatic hydroxyl groups excluding tert-OH is 1. The second kappa shape index (κ2) is 8.15. The summed E-state index contributed by atoms with van der Waals surface area (Å²) in [6.45, 7) is 22.4. The molecule has 1 saturated carbocycles. The summed E-state index contributed by atoms with van der Waals surface area (Å²) in [7, 11) is -3.77. The molecule has 1 aliphatic carbocycles. The molecule has 1 aliphatic rings. The van der Waals surface area contributed by atoms with Crippen LogP contribution >= 0.6 is 0 Å². The zero-order valence-corrected chi connectivity index (χ0v) is 20.7. The number of carbonyl (C=O) groups excluding carboxylic acids is 1. The van der Waals surface area contributed by atoms with E-state index in [1.165, 1.54) is 0 Å². The lowest BCUT2D eigenvalue weighted by Crippen LogP contribution is -2.46. The van der Waals surface area contributed by atoms with Gasteiger partial charge in [0.15, 0.2) is 16.6 Å². The van der Waals surface area contributed by atoms with Gasteiger partial charge in [-0.2, -0.15) is 0 Å². The van der Waals surface area contributed by atoms with Crippen molar-refractivity contribution >= 4 is 22.4 Å². The average molecular weight is 403 g/mol. The normalized spacial score (nSPS) is 25.6. The quantitative estimate of drug-likeness (QED) is 0.600. The van der Waals surface area contributed by atoms with E-state index in [9.17, 15) is 9.90 Å². The summed E-state index contributed by atoms with van der Waals surface area (Å²) in [4.78, 5) is 12.6. The third-order valence-electron chi connectivity index (χ3n) is 6.84. The Bertz CT molecular complexity index is 489. The molecule has 0 radical (unpaired) electrons. The summed E-state index contributed by atoms with van der Waals surface area (Å²) in [6, 6.07) is 0. The van der Waals surface area contributed by atoms with E-state index in [1.54, 1.807) is 0 Å². The Morgan fingerprint density at radius 1 is 0.962 bits per heavy atom. The third kappa shape index (κ3) is 5.74. The Balaban J connectivity index is 2.58. The van der Waals surface area contributed by atoms with E-state index in [2.05, 4.69) is 67.7 Å². The molecule has 154 valence electrons. The molecule has 26 heavy (non-hydrogen) atoms. The van der Waals surface area contributed by atoms with Crippen molar-refractivity contribution in [1.82, 2.24) is 0 Å². The maximum Gasteiger partial charge on any atom is 0.192 e. The molecular formula is C20H42O4Si2. The molecule has 0 aliphatic heterocycles. The average Bonchev–Trinajstić information content (AvgIpc) is 2.77. The van der Waals surface area contributed by atoms with Crippen LogP contribution in [0.5, 0.6) is 0 Å². The summed E-state index contributed by atoms with van der Waals surface area (Å²) in [5.74, 6) is -0.176. The van der Waals surface area contributed by atoms with Crippen LogP contribution in [0.15, 0.2) is 0 Å². The van der Waals surface area contributed by atoms with Gasteiger partial charge in [0.2, 0.25) is 0 Å². The molecular weight excluding hydrogens is 360 g/mol. The number of hydrogen-bond donors (Lipinski definition) is 1. The first kappa shape index (κ1) is 24.0. The van der Waals surface area contributed by atoms with Crippen LogP contribution in [-0.2, 0) is 13.6 Å². The topological polar surface area (TPSA) is 55.8 Å². The summed E-state index contributed by atoms with van der Waals surface area (Å²) < 4.78 is 12.5. The van der Waals surface area contributed by atoms with E-state index < -0.39 is 22.7 Å². The standard InChI is InChI=1S/C20H42O4Si2/c1-19(2,3)25(7,8)23-14-13-16(21)15-11-12-17(18(15)22)24-26(9,10)20(4,5)6/h15,17-18,22H,11-14H2,1-10H3/t15-,17-,18+/m0/s1. The van der Waals surface area contributed by atoms with Gasteiger partial charge in [0.05, 0.1) is 12.2 Å². The van der Waals surface area contributed by atoms with Crippen LogP contribution in [0.1, 0.15) is 60.8 Å². The van der Waals surface area contributed by atoms with Gasteiger partial charge in [-0.15, -0.1) is 0 Å². The second-order valence-electron chi connectivity index (χ2n) is 10.9. The van der Waals surface area contributed by atoms with E-state index in [-0.39, 0.29) is 27.9 Å². The fourth-order valence-electron chi connectivity index (χ4n) is 2.79. The van der Waals surface area contributed by atoms with Crippen molar-refractivity contribution in [3.63, 3.8) is 0 Å². The summed E-state index contributed by atoms with van der Waals surface area (Å²) in [5.41, 5.74) is 0. The van der Waals surface area contributed by atoms with E-state index in [4.69, 9.17) is 8.85 Å². The lowest BCUT2D eigenvalue weighted by Gasteiger charge is -2.39. The van der Waals surface area contributed by atoms with Gasteiger partial charge in [-0.25, -0.2) is 0 Å². The van der Waals surface area contributed by atoms with E-state index >= 15 is 0 Å². The third-order valence-corrected chi connectivity index (χ3v) is 15.9. The van der Waals surface area contributed by atoms with Gasteiger partial charge in [0, 0.05) is 18.9 Å². The van der Waals surface area contributed by atoms with Crippen molar-refractivity contribution in [2.24, 2.45) is 5.92 Å². The Kier molecular flexibility index (Phi) is 7.53. The minimum absolute atomic E-state index is 0.103. The monoisotopic (exact) mass is 402 g/mol. The number of rotatable bonds is 7. The molecule has 0 aromatic heterocycles. The van der Waals surface area contributed by atoms with Crippen molar-refractivity contribution in [3.05, 3.63) is 0 Å². The predicted octanol–water partition coefficient (Wildman–Crippen LogP) is 5.13. The van der Waals surface area contributed by atoms with Gasteiger partial charge >= 0.3 is 0 Å². The van der Waals surface area contributed by atoms with Crippen molar-refractivity contribution in [2.45, 2.75) is 109 Å². The molecule has 6 heteroatoms. The van der Waals surface area contributed by atoms with Crippen molar-refractivity contribution in [1.29, 1.82) is 0 Å². The number of hydrogen-bond acceptors (Lipinski definition) is 4. The fourth-order valence-corrected chi connectivity index (χ4v) is 5.20. The summed E-state index contributed by atoms with van der Waals surface area (Å²) >= 11 is 0. The highest BCUT2D eigenvalue weighted by Gasteiger charge is 2.46. The molecule has 0 bridgehead atoms. The van der Waals surface area contributed by atoms with Gasteiger partial charge in [0.1, 0.15) is 5.78 Å². The zero-order valence-electron chi connectivity index (χ0n) is 18.7. The van der Waals surface area contributed by atoms with Gasteiger partial charge in [0.25, 0.3) is 0 Å². The lowest BCUT2D eigenvalue weighted by atomic mass is 9.98. The van der Waals surface area contributed by atoms with Crippen molar-refractivity contribution in [2.75, 3.05) is 6.61 Å². The summed E-state index contributed by atoms with van der Waals surface area (Å²) in [6.07, 6.45) is 1.00. The number of Topliss-reactive ketones (excluding diaryl/α,β-unsaturated/α-hetero) is 1. The molecule has 3 atom stereocenters. The van der Waals surface area contributed by atoms with Crippen LogP contribution in [0, 0.1) is 5.92 Å². The van der Waals surface area contributed by atoms with Crippen LogP contribution in [0.4, 0.5) is 0 Å². The SMILES string of the molecule is CC(C)(C)[Si](C)(C)OCCC(=O)[C@@H]1CC[C@H](O[Si](C)(C)C(C)(C)C)[C@@H]1O. The highest BCUT2D eigenvalue weighted by molar-refractivity contribution is 6.74. The number of carbonyl (C=O) groups is 1. The lowest BCUT2D eigenvalue weighted by molar-refractivity contribution is -0.127. The molecule has 0 aromatic rings. The van der Waals surface area contributed by atoms with Crippen LogP contribution in [0.3, 0.4) is 0 Å². The Morgan fingerprint density at radius 3 is 1.92 bits per heavy atom. The second-order valence-corrected chi connectivity index (χ2v) is 20.5. The van der Waals surface area contributed by atoms with Crippen LogP contribution in [0.25, 0.3) is 0 Å². The van der Waals surface area contributed by atoms with E-state index in [0.29, 0.717) is 13.0 Å². The molecule has 0 aromatic carbocycles. The number of aliphatic hydroxyl groups is 1. The van der Waals surface area contributed by atoms with Crippen molar-refractivity contribution < 1.29 is 18.8 Å². The van der Waals surface area contributed by atoms with Crippen LogP contribution in [-0.4, -0.2) is 46.3 Å². The molecule has 1 fully saturated rings. The first-order valence-corrected chi connectivity index (χ1v) is 15.8. The summed E-state index contributed by atoms with van der Waals surface area (Å²) in [5, 5.41) is 10.9. The zero-order chi connectivity index (χ0) is 20.6. The maximum absolute atomic E-state index is 12.6. The molecule has 0 amide bonds. The van der Waals surface area contributed by atoms with Gasteiger partial charge < -0.3 is 14.0 Å². The smallest absolute Gasteiger partial charge is 0.192 e. The first-order chi connectivity index (χ1) is 11.5.